The van der Waals surface area contributed by atoms with Crippen LogP contribution >= 0.6 is 0 Å². The summed E-state index contributed by atoms with van der Waals surface area (Å²) in [5.74, 6) is -0.638. The predicted octanol–water partition coefficient (Wildman–Crippen LogP) is -0.793. The van der Waals surface area contributed by atoms with Crippen LogP contribution in [0.5, 0.6) is 0 Å². The van der Waals surface area contributed by atoms with Crippen molar-refractivity contribution in [2.45, 2.75) is 13.3 Å². The molecule has 0 aliphatic rings. The molecule has 0 aromatic heterocycles. The molecule has 82 valence electrons. The number of nitrogens with one attached hydrogen (secondary N) is 2. The van der Waals surface area contributed by atoms with Gasteiger partial charge in [0.2, 0.25) is 5.91 Å². The summed E-state index contributed by atoms with van der Waals surface area (Å²) in [6, 6.07) is 0. The zero-order valence-corrected chi connectivity index (χ0v) is 8.46. The summed E-state index contributed by atoms with van der Waals surface area (Å²) in [7, 11) is 1.55. The number of ether oxygens (including phenoxy) is 1. The van der Waals surface area contributed by atoms with Gasteiger partial charge in [-0.15, -0.1) is 5.48 Å². The van der Waals surface area contributed by atoms with Gasteiger partial charge in [0.05, 0.1) is 6.61 Å². The summed E-state index contributed by atoms with van der Waals surface area (Å²) < 4.78 is 4.73. The van der Waals surface area contributed by atoms with Gasteiger partial charge in [0, 0.05) is 20.1 Å². The molecule has 1 amide bonds. The molecule has 0 unspecified atom stereocenters. The average Bonchev–Trinajstić information content (AvgIpc) is 2.18. The molecule has 14 heavy (non-hydrogen) atoms. The second-order valence-electron chi connectivity index (χ2n) is 2.49. The lowest BCUT2D eigenvalue weighted by molar-refractivity contribution is -0.151. The van der Waals surface area contributed by atoms with Crippen LogP contribution < -0.4 is 10.8 Å². The van der Waals surface area contributed by atoms with E-state index >= 15 is 0 Å². The van der Waals surface area contributed by atoms with Gasteiger partial charge in [0.15, 0.2) is 0 Å². The van der Waals surface area contributed by atoms with Crippen LogP contribution in [0.3, 0.4) is 0 Å². The van der Waals surface area contributed by atoms with E-state index in [0.29, 0.717) is 13.2 Å². The zero-order valence-electron chi connectivity index (χ0n) is 8.46. The molecule has 6 nitrogen and oxygen atoms in total. The van der Waals surface area contributed by atoms with Crippen molar-refractivity contribution in [2.75, 3.05) is 26.8 Å². The summed E-state index contributed by atoms with van der Waals surface area (Å²) in [6.07, 6.45) is 0.276. The third kappa shape index (κ3) is 7.51. The summed E-state index contributed by atoms with van der Waals surface area (Å²) in [5, 5.41) is 2.56. The molecule has 2 N–H and O–H groups in total. The fourth-order valence-electron chi connectivity index (χ4n) is 0.609. The van der Waals surface area contributed by atoms with Crippen LogP contribution in [0, 0.1) is 0 Å². The first kappa shape index (κ1) is 12.9. The van der Waals surface area contributed by atoms with Crippen molar-refractivity contribution in [1.29, 1.82) is 0 Å². The third-order valence-electron chi connectivity index (χ3n) is 1.34. The Morgan fingerprint density at radius 2 is 2.07 bits per heavy atom. The molecular weight excluding hydrogens is 188 g/mol. The number of hydroxylamine groups is 1. The standard InChI is InChI=1S/C8H16N2O4/c1-3-8(12)14-10-6-7(11)9-4-5-13-2/h10H,3-6H2,1-2H3,(H,9,11). The van der Waals surface area contributed by atoms with Crippen LogP contribution in [0.15, 0.2) is 0 Å². The van der Waals surface area contributed by atoms with Gasteiger partial charge in [-0.25, -0.2) is 0 Å². The molecule has 0 aromatic carbocycles. The lowest BCUT2D eigenvalue weighted by Crippen LogP contribution is -2.36. The monoisotopic (exact) mass is 204 g/mol. The minimum Gasteiger partial charge on any atom is -0.383 e. The summed E-state index contributed by atoms with van der Waals surface area (Å²) in [6.45, 7) is 2.53. The Bertz CT molecular complexity index is 184. The van der Waals surface area contributed by atoms with Crippen LogP contribution in [-0.4, -0.2) is 38.7 Å². The van der Waals surface area contributed by atoms with E-state index < -0.39 is 5.97 Å². The Kier molecular flexibility index (Phi) is 7.77. The van der Waals surface area contributed by atoms with Crippen molar-refractivity contribution in [2.24, 2.45) is 0 Å². The highest BCUT2D eigenvalue weighted by atomic mass is 16.7. The molecule has 0 fully saturated rings. The van der Waals surface area contributed by atoms with E-state index in [1.165, 1.54) is 0 Å². The highest BCUT2D eigenvalue weighted by Crippen LogP contribution is 1.78. The number of hydrogen-bond donors (Lipinski definition) is 2. The van der Waals surface area contributed by atoms with Gasteiger partial charge in [0.25, 0.3) is 0 Å². The number of carbonyl (C=O) groups is 2. The van der Waals surface area contributed by atoms with E-state index in [2.05, 4.69) is 15.6 Å². The normalized spacial score (nSPS) is 9.57. The predicted molar refractivity (Wildman–Crippen MR) is 49.3 cm³/mol. The highest BCUT2D eigenvalue weighted by molar-refractivity contribution is 5.78. The van der Waals surface area contributed by atoms with Gasteiger partial charge in [0.1, 0.15) is 6.54 Å². The lowest BCUT2D eigenvalue weighted by Gasteiger charge is -2.05. The molecule has 0 atom stereocenters. The first-order chi connectivity index (χ1) is 6.70. The lowest BCUT2D eigenvalue weighted by atomic mass is 10.5. The molecule has 0 aliphatic carbocycles. The molecule has 0 radical (unpaired) electrons. The molecule has 0 aliphatic heterocycles. The maximum atomic E-state index is 11.0. The Morgan fingerprint density at radius 3 is 2.64 bits per heavy atom. The molecule has 0 heterocycles. The van der Waals surface area contributed by atoms with Crippen LogP contribution in [-0.2, 0) is 19.2 Å². The molecule has 0 aromatic rings. The van der Waals surface area contributed by atoms with Crippen molar-refractivity contribution in [3.8, 4) is 0 Å². The van der Waals surface area contributed by atoms with Gasteiger partial charge in [-0.05, 0) is 0 Å². The Balaban J connectivity index is 3.31. The topological polar surface area (TPSA) is 76.7 Å². The minimum absolute atomic E-state index is 0.0462. The molecule has 0 spiro atoms. The SMILES string of the molecule is CCC(=O)ONCC(=O)NCCOC. The van der Waals surface area contributed by atoms with Gasteiger partial charge in [-0.3, -0.25) is 9.59 Å². The molecule has 0 saturated heterocycles. The second kappa shape index (κ2) is 8.46. The third-order valence-corrected chi connectivity index (χ3v) is 1.34. The smallest absolute Gasteiger partial charge is 0.324 e. The maximum Gasteiger partial charge on any atom is 0.324 e. The van der Waals surface area contributed by atoms with Crippen molar-refractivity contribution in [3.05, 3.63) is 0 Å². The maximum absolute atomic E-state index is 11.0. The zero-order chi connectivity index (χ0) is 10.8. The minimum atomic E-state index is -0.394. The van der Waals surface area contributed by atoms with E-state index in [9.17, 15) is 9.59 Å². The largest absolute Gasteiger partial charge is 0.383 e. The Morgan fingerprint density at radius 1 is 1.36 bits per heavy atom. The van der Waals surface area contributed by atoms with E-state index in [-0.39, 0.29) is 18.9 Å². The fraction of sp³-hybridized carbons (Fsp3) is 0.750. The van der Waals surface area contributed by atoms with E-state index in [0.717, 1.165) is 0 Å². The highest BCUT2D eigenvalue weighted by Gasteiger charge is 2.02. The van der Waals surface area contributed by atoms with Crippen LogP contribution in [0.25, 0.3) is 0 Å². The molecule has 0 bridgehead atoms. The average molecular weight is 204 g/mol. The first-order valence-corrected chi connectivity index (χ1v) is 4.38. The second-order valence-corrected chi connectivity index (χ2v) is 2.49. The number of carbonyl (C=O) groups excluding carboxylic acids is 2. The summed E-state index contributed by atoms with van der Waals surface area (Å²) in [5.41, 5.74) is 2.26. The Hall–Kier alpha value is -1.14. The van der Waals surface area contributed by atoms with Gasteiger partial charge >= 0.3 is 5.97 Å². The van der Waals surface area contributed by atoms with Gasteiger partial charge in [-0.2, -0.15) is 0 Å². The van der Waals surface area contributed by atoms with Crippen LogP contribution in [0.2, 0.25) is 0 Å². The van der Waals surface area contributed by atoms with E-state index in [1.807, 2.05) is 0 Å². The van der Waals surface area contributed by atoms with Crippen molar-refractivity contribution in [3.63, 3.8) is 0 Å². The summed E-state index contributed by atoms with van der Waals surface area (Å²) in [4.78, 5) is 26.1. The fourth-order valence-corrected chi connectivity index (χ4v) is 0.609. The number of amides is 1. The summed E-state index contributed by atoms with van der Waals surface area (Å²) >= 11 is 0. The first-order valence-electron chi connectivity index (χ1n) is 4.38. The van der Waals surface area contributed by atoms with E-state index in [1.54, 1.807) is 14.0 Å². The van der Waals surface area contributed by atoms with Gasteiger partial charge in [-0.1, -0.05) is 6.92 Å². The number of hydrogen-bond acceptors (Lipinski definition) is 5. The molecule has 6 heteroatoms. The van der Waals surface area contributed by atoms with Crippen molar-refractivity contribution >= 4 is 11.9 Å². The quantitative estimate of drug-likeness (QED) is 0.419. The number of rotatable bonds is 7. The van der Waals surface area contributed by atoms with Crippen LogP contribution in [0.1, 0.15) is 13.3 Å². The number of methoxy groups -OCH3 is 1. The van der Waals surface area contributed by atoms with E-state index in [4.69, 9.17) is 4.74 Å². The van der Waals surface area contributed by atoms with Gasteiger partial charge < -0.3 is 14.9 Å². The molecule has 0 saturated carbocycles. The van der Waals surface area contributed by atoms with Crippen molar-refractivity contribution < 1.29 is 19.2 Å². The van der Waals surface area contributed by atoms with Crippen molar-refractivity contribution in [1.82, 2.24) is 10.8 Å². The Labute approximate surface area is 82.9 Å². The molecular formula is C8H16N2O4. The molecule has 0 rings (SSSR count). The van der Waals surface area contributed by atoms with Crippen LogP contribution in [0.4, 0.5) is 0 Å².